The fraction of sp³-hybridized carbons (Fsp3) is 0.733. The largest absolute Gasteiger partial charge is 0.444 e. The number of alkyl carbamates (subject to hydrolysis) is 1. The summed E-state index contributed by atoms with van der Waals surface area (Å²) in [4.78, 5) is 51.1. The lowest BCUT2D eigenvalue weighted by Crippen LogP contribution is -2.59. The normalized spacial score (nSPS) is 19.2. The molecule has 0 spiro atoms. The van der Waals surface area contributed by atoms with Gasteiger partial charge in [-0.1, -0.05) is 0 Å². The number of ether oxygens (including phenoxy) is 1. The van der Waals surface area contributed by atoms with Gasteiger partial charge in [-0.05, 0) is 33.6 Å². The molecule has 8 nitrogen and oxygen atoms in total. The zero-order valence-electron chi connectivity index (χ0n) is 13.8. The summed E-state index contributed by atoms with van der Waals surface area (Å²) >= 11 is 0. The van der Waals surface area contributed by atoms with Crippen molar-refractivity contribution in [3.63, 3.8) is 0 Å². The summed E-state index contributed by atoms with van der Waals surface area (Å²) in [5, 5.41) is 2.38. The monoisotopic (exact) mass is 325 g/mol. The molecule has 0 aromatic carbocycles. The lowest BCUT2D eigenvalue weighted by molar-refractivity contribution is -0.151. The molecule has 2 aliphatic heterocycles. The minimum absolute atomic E-state index is 0.254. The highest BCUT2D eigenvalue weighted by Gasteiger charge is 2.40. The summed E-state index contributed by atoms with van der Waals surface area (Å²) in [6.07, 6.45) is -0.375. The fourth-order valence-corrected chi connectivity index (χ4v) is 2.44. The molecule has 0 bridgehead atoms. The molecule has 1 atom stereocenters. The van der Waals surface area contributed by atoms with Gasteiger partial charge in [-0.2, -0.15) is 0 Å². The van der Waals surface area contributed by atoms with Crippen molar-refractivity contribution in [3.05, 3.63) is 0 Å². The number of nitrogens with one attached hydrogen (secondary N) is 1. The highest BCUT2D eigenvalue weighted by Crippen LogP contribution is 2.16. The van der Waals surface area contributed by atoms with Crippen molar-refractivity contribution in [2.24, 2.45) is 0 Å². The lowest BCUT2D eigenvalue weighted by atomic mass is 10.1. The third kappa shape index (κ3) is 4.20. The summed E-state index contributed by atoms with van der Waals surface area (Å²) in [5.74, 6) is -1.72. The summed E-state index contributed by atoms with van der Waals surface area (Å²) in [7, 11) is 0. The summed E-state index contributed by atoms with van der Waals surface area (Å²) < 4.78 is 5.13. The van der Waals surface area contributed by atoms with Crippen LogP contribution >= 0.6 is 0 Å². The Labute approximate surface area is 135 Å². The molecule has 0 saturated carbocycles. The Morgan fingerprint density at radius 2 is 1.78 bits per heavy atom. The minimum atomic E-state index is -1.30. The van der Waals surface area contributed by atoms with Crippen LogP contribution in [0.25, 0.3) is 0 Å². The van der Waals surface area contributed by atoms with E-state index in [0.717, 1.165) is 6.42 Å². The van der Waals surface area contributed by atoms with Crippen molar-refractivity contribution in [3.8, 4) is 0 Å². The van der Waals surface area contributed by atoms with E-state index in [0.29, 0.717) is 32.5 Å². The summed E-state index contributed by atoms with van der Waals surface area (Å²) in [6, 6.07) is 0. The van der Waals surface area contributed by atoms with Crippen molar-refractivity contribution < 1.29 is 23.9 Å². The Bertz CT molecular complexity index is 522. The zero-order valence-corrected chi connectivity index (χ0v) is 13.8. The van der Waals surface area contributed by atoms with Crippen LogP contribution in [0, 0.1) is 0 Å². The third-order valence-corrected chi connectivity index (χ3v) is 3.68. The van der Waals surface area contributed by atoms with Crippen LogP contribution in [-0.4, -0.2) is 64.9 Å². The SMILES string of the molecule is CC(C)(C)OC(=O)NC(C(=O)C(=O)N1CCC1)N1CCCC1=O. The Morgan fingerprint density at radius 3 is 2.22 bits per heavy atom. The molecular weight excluding hydrogens is 302 g/mol. The van der Waals surface area contributed by atoms with Crippen LogP contribution in [0.2, 0.25) is 0 Å². The van der Waals surface area contributed by atoms with Gasteiger partial charge in [-0.15, -0.1) is 0 Å². The molecule has 0 aliphatic carbocycles. The molecule has 0 aromatic rings. The smallest absolute Gasteiger partial charge is 0.409 e. The average molecular weight is 325 g/mol. The molecule has 2 rings (SSSR count). The molecule has 0 radical (unpaired) electrons. The molecule has 23 heavy (non-hydrogen) atoms. The van der Waals surface area contributed by atoms with E-state index in [9.17, 15) is 19.2 Å². The van der Waals surface area contributed by atoms with Gasteiger partial charge in [-0.3, -0.25) is 19.7 Å². The topological polar surface area (TPSA) is 96.0 Å². The molecule has 128 valence electrons. The van der Waals surface area contributed by atoms with Crippen LogP contribution < -0.4 is 5.32 Å². The first-order valence-electron chi connectivity index (χ1n) is 7.81. The van der Waals surface area contributed by atoms with Crippen molar-refractivity contribution >= 4 is 23.7 Å². The van der Waals surface area contributed by atoms with E-state index >= 15 is 0 Å². The third-order valence-electron chi connectivity index (χ3n) is 3.68. The number of carbonyl (C=O) groups excluding carboxylic acids is 4. The van der Waals surface area contributed by atoms with Gasteiger partial charge in [0.1, 0.15) is 5.60 Å². The van der Waals surface area contributed by atoms with Crippen LogP contribution in [-0.2, 0) is 19.1 Å². The second kappa shape index (κ2) is 6.55. The predicted octanol–water partition coefficient (Wildman–Crippen LogP) is 0.261. The number of hydrogen-bond donors (Lipinski definition) is 1. The second-order valence-corrected chi connectivity index (χ2v) is 6.75. The number of Topliss-reactive ketones (excluding diaryl/α,β-unsaturated/α-hetero) is 1. The highest BCUT2D eigenvalue weighted by atomic mass is 16.6. The number of nitrogens with zero attached hydrogens (tertiary/aromatic N) is 2. The predicted molar refractivity (Wildman–Crippen MR) is 80.3 cm³/mol. The van der Waals surface area contributed by atoms with E-state index in [1.165, 1.54) is 9.80 Å². The van der Waals surface area contributed by atoms with E-state index in [1.54, 1.807) is 20.8 Å². The van der Waals surface area contributed by atoms with Crippen LogP contribution in [0.1, 0.15) is 40.0 Å². The second-order valence-electron chi connectivity index (χ2n) is 6.75. The Morgan fingerprint density at radius 1 is 1.13 bits per heavy atom. The first kappa shape index (κ1) is 17.2. The maximum atomic E-state index is 12.5. The van der Waals surface area contributed by atoms with Crippen molar-refractivity contribution in [1.29, 1.82) is 0 Å². The Balaban J connectivity index is 2.11. The van der Waals surface area contributed by atoms with Crippen LogP contribution in [0.3, 0.4) is 0 Å². The van der Waals surface area contributed by atoms with Crippen molar-refractivity contribution in [2.45, 2.75) is 51.8 Å². The molecule has 2 fully saturated rings. The van der Waals surface area contributed by atoms with Crippen LogP contribution in [0.15, 0.2) is 0 Å². The van der Waals surface area contributed by atoms with Gasteiger partial charge in [0.25, 0.3) is 11.7 Å². The van der Waals surface area contributed by atoms with Gasteiger partial charge in [0, 0.05) is 26.1 Å². The minimum Gasteiger partial charge on any atom is -0.444 e. The van der Waals surface area contributed by atoms with Crippen LogP contribution in [0.5, 0.6) is 0 Å². The number of carbonyl (C=O) groups is 4. The quantitative estimate of drug-likeness (QED) is 0.748. The Hall–Kier alpha value is -2.12. The first-order chi connectivity index (χ1) is 10.7. The Kier molecular flexibility index (Phi) is 4.91. The number of likely N-dealkylation sites (tertiary alicyclic amines) is 2. The standard InChI is InChI=1S/C15H23N3O5/c1-15(2,3)23-14(22)16-12(18-9-4-6-10(18)19)11(20)13(21)17-7-5-8-17/h12H,4-9H2,1-3H3,(H,16,22). The zero-order chi connectivity index (χ0) is 17.2. The van der Waals surface area contributed by atoms with Gasteiger partial charge in [0.05, 0.1) is 0 Å². The van der Waals surface area contributed by atoms with E-state index in [2.05, 4.69) is 5.32 Å². The van der Waals surface area contributed by atoms with Gasteiger partial charge in [0.2, 0.25) is 5.91 Å². The molecule has 8 heteroatoms. The molecule has 2 aliphatic rings. The number of hydrogen-bond acceptors (Lipinski definition) is 5. The van der Waals surface area contributed by atoms with E-state index in [-0.39, 0.29) is 5.91 Å². The molecule has 1 unspecified atom stereocenters. The molecular formula is C15H23N3O5. The average Bonchev–Trinajstić information content (AvgIpc) is 2.77. The van der Waals surface area contributed by atoms with E-state index in [1.807, 2.05) is 0 Å². The van der Waals surface area contributed by atoms with Gasteiger partial charge < -0.3 is 14.5 Å². The number of ketones is 1. The summed E-state index contributed by atoms with van der Waals surface area (Å²) in [6.45, 7) is 6.45. The van der Waals surface area contributed by atoms with Crippen LogP contribution in [0.4, 0.5) is 4.79 Å². The lowest BCUT2D eigenvalue weighted by Gasteiger charge is -2.33. The molecule has 2 heterocycles. The summed E-state index contributed by atoms with van der Waals surface area (Å²) in [5.41, 5.74) is -0.742. The van der Waals surface area contributed by atoms with Gasteiger partial charge in [0.15, 0.2) is 6.17 Å². The maximum Gasteiger partial charge on any atom is 0.409 e. The van der Waals surface area contributed by atoms with Crippen molar-refractivity contribution in [1.82, 2.24) is 15.1 Å². The maximum absolute atomic E-state index is 12.5. The van der Waals surface area contributed by atoms with E-state index in [4.69, 9.17) is 4.74 Å². The highest BCUT2D eigenvalue weighted by molar-refractivity contribution is 6.38. The molecule has 2 saturated heterocycles. The fourth-order valence-electron chi connectivity index (χ4n) is 2.44. The van der Waals surface area contributed by atoms with Crippen molar-refractivity contribution in [2.75, 3.05) is 19.6 Å². The van der Waals surface area contributed by atoms with Gasteiger partial charge >= 0.3 is 6.09 Å². The van der Waals surface area contributed by atoms with Gasteiger partial charge in [-0.25, -0.2) is 4.79 Å². The molecule has 1 N–H and O–H groups in total. The number of rotatable bonds is 4. The first-order valence-corrected chi connectivity index (χ1v) is 7.81. The number of amides is 3. The van der Waals surface area contributed by atoms with E-state index < -0.39 is 29.6 Å². The molecule has 0 aromatic heterocycles. The molecule has 3 amide bonds.